The van der Waals surface area contributed by atoms with Crippen LogP contribution < -0.4 is 10.2 Å². The maximum absolute atomic E-state index is 12.5. The lowest BCUT2D eigenvalue weighted by Crippen LogP contribution is -2.36. The second kappa shape index (κ2) is 8.45. The van der Waals surface area contributed by atoms with Gasteiger partial charge in [0.2, 0.25) is 11.8 Å². The second-order valence-corrected chi connectivity index (χ2v) is 6.93. The number of nitrogens with zero attached hydrogens (tertiary/aromatic N) is 2. The molecule has 1 aromatic rings. The molecule has 6 heteroatoms. The minimum Gasteiger partial charge on any atom is -0.383 e. The number of rotatable bonds is 7. The first-order valence-corrected chi connectivity index (χ1v) is 9.02. The van der Waals surface area contributed by atoms with Gasteiger partial charge >= 0.3 is 0 Å². The van der Waals surface area contributed by atoms with E-state index in [1.165, 1.54) is 0 Å². The molecule has 2 atom stereocenters. The number of ether oxygens (including phenoxy) is 1. The van der Waals surface area contributed by atoms with Crippen LogP contribution in [-0.2, 0) is 14.3 Å². The van der Waals surface area contributed by atoms with Gasteiger partial charge in [0.1, 0.15) is 0 Å². The molecule has 2 aliphatic heterocycles. The van der Waals surface area contributed by atoms with Crippen molar-refractivity contribution in [3.63, 3.8) is 0 Å². The van der Waals surface area contributed by atoms with E-state index in [2.05, 4.69) is 10.2 Å². The standard InChI is InChI=1S/C19H27N3O3/c1-25-10-9-21-8-7-15(13-21)12-20-19(24)16-11-18(23)22(14-16)17-5-3-2-4-6-17/h2-6,15-16H,7-14H2,1H3,(H,20,24)/t15-,16+/m1/s1. The fourth-order valence-corrected chi connectivity index (χ4v) is 3.63. The van der Waals surface area contributed by atoms with Gasteiger partial charge in [0.15, 0.2) is 0 Å². The topological polar surface area (TPSA) is 61.9 Å². The van der Waals surface area contributed by atoms with E-state index in [4.69, 9.17) is 4.74 Å². The highest BCUT2D eigenvalue weighted by molar-refractivity contribution is 6.00. The van der Waals surface area contributed by atoms with Crippen molar-refractivity contribution in [1.29, 1.82) is 0 Å². The van der Waals surface area contributed by atoms with Crippen molar-refractivity contribution >= 4 is 17.5 Å². The van der Waals surface area contributed by atoms with E-state index in [-0.39, 0.29) is 17.7 Å². The highest BCUT2D eigenvalue weighted by Crippen LogP contribution is 2.25. The number of anilines is 1. The summed E-state index contributed by atoms with van der Waals surface area (Å²) in [6.07, 6.45) is 1.40. The number of carbonyl (C=O) groups excluding carboxylic acids is 2. The van der Waals surface area contributed by atoms with E-state index in [1.54, 1.807) is 12.0 Å². The second-order valence-electron chi connectivity index (χ2n) is 6.93. The van der Waals surface area contributed by atoms with E-state index in [9.17, 15) is 9.59 Å². The Balaban J connectivity index is 1.44. The molecule has 2 saturated heterocycles. The lowest BCUT2D eigenvalue weighted by atomic mass is 10.1. The third-order valence-electron chi connectivity index (χ3n) is 5.11. The molecular formula is C19H27N3O3. The quantitative estimate of drug-likeness (QED) is 0.805. The summed E-state index contributed by atoms with van der Waals surface area (Å²) in [5.74, 6) is 0.266. The van der Waals surface area contributed by atoms with Crippen LogP contribution in [0.1, 0.15) is 12.8 Å². The summed E-state index contributed by atoms with van der Waals surface area (Å²) >= 11 is 0. The van der Waals surface area contributed by atoms with Gasteiger partial charge in [0.05, 0.1) is 12.5 Å². The summed E-state index contributed by atoms with van der Waals surface area (Å²) in [5, 5.41) is 3.06. The molecule has 2 aliphatic rings. The SMILES string of the molecule is COCCN1CC[C@H](CNC(=O)[C@H]2CC(=O)N(c3ccccc3)C2)C1. The number of methoxy groups -OCH3 is 1. The number of para-hydroxylation sites is 1. The molecule has 136 valence electrons. The summed E-state index contributed by atoms with van der Waals surface area (Å²) in [5.41, 5.74) is 0.868. The van der Waals surface area contributed by atoms with Crippen molar-refractivity contribution in [3.8, 4) is 0 Å². The molecule has 0 unspecified atom stereocenters. The van der Waals surface area contributed by atoms with E-state index < -0.39 is 0 Å². The Bertz CT molecular complexity index is 593. The first-order valence-electron chi connectivity index (χ1n) is 9.02. The molecule has 0 bridgehead atoms. The van der Waals surface area contributed by atoms with E-state index >= 15 is 0 Å². The molecule has 3 rings (SSSR count). The number of hydrogen-bond acceptors (Lipinski definition) is 4. The Morgan fingerprint density at radius 2 is 2.08 bits per heavy atom. The highest BCUT2D eigenvalue weighted by atomic mass is 16.5. The van der Waals surface area contributed by atoms with Crippen molar-refractivity contribution < 1.29 is 14.3 Å². The van der Waals surface area contributed by atoms with Crippen LogP contribution in [-0.4, -0.2) is 63.2 Å². The third kappa shape index (κ3) is 4.58. The first kappa shape index (κ1) is 17.9. The molecule has 6 nitrogen and oxygen atoms in total. The zero-order valence-corrected chi connectivity index (χ0v) is 14.8. The van der Waals surface area contributed by atoms with Crippen molar-refractivity contribution in [2.75, 3.05) is 51.3 Å². The van der Waals surface area contributed by atoms with Crippen molar-refractivity contribution in [3.05, 3.63) is 30.3 Å². The molecule has 2 heterocycles. The van der Waals surface area contributed by atoms with Gasteiger partial charge in [-0.3, -0.25) is 9.59 Å². The molecule has 2 amide bonds. The molecule has 2 fully saturated rings. The largest absolute Gasteiger partial charge is 0.383 e. The van der Waals surface area contributed by atoms with Crippen molar-refractivity contribution in [1.82, 2.24) is 10.2 Å². The molecule has 0 aliphatic carbocycles. The Morgan fingerprint density at radius 1 is 1.28 bits per heavy atom. The maximum Gasteiger partial charge on any atom is 0.227 e. The third-order valence-corrected chi connectivity index (χ3v) is 5.11. The summed E-state index contributed by atoms with van der Waals surface area (Å²) in [6.45, 7) is 4.93. The summed E-state index contributed by atoms with van der Waals surface area (Å²) in [4.78, 5) is 28.8. The van der Waals surface area contributed by atoms with Gasteiger partial charge in [0, 0.05) is 45.4 Å². The van der Waals surface area contributed by atoms with Crippen LogP contribution >= 0.6 is 0 Å². The molecule has 1 aromatic carbocycles. The van der Waals surface area contributed by atoms with Gasteiger partial charge in [-0.2, -0.15) is 0 Å². The predicted octanol–water partition coefficient (Wildman–Crippen LogP) is 1.12. The minimum absolute atomic E-state index is 0.00197. The van der Waals surface area contributed by atoms with E-state index in [0.717, 1.165) is 38.3 Å². The van der Waals surface area contributed by atoms with Gasteiger partial charge in [-0.25, -0.2) is 0 Å². The van der Waals surface area contributed by atoms with Crippen LogP contribution in [0.5, 0.6) is 0 Å². The zero-order chi connectivity index (χ0) is 17.6. The molecule has 0 radical (unpaired) electrons. The van der Waals surface area contributed by atoms with Gasteiger partial charge in [0.25, 0.3) is 0 Å². The number of benzene rings is 1. The van der Waals surface area contributed by atoms with Gasteiger partial charge < -0.3 is 19.9 Å². The monoisotopic (exact) mass is 345 g/mol. The molecule has 0 saturated carbocycles. The van der Waals surface area contributed by atoms with E-state index in [1.807, 2.05) is 30.3 Å². The fourth-order valence-electron chi connectivity index (χ4n) is 3.63. The number of amides is 2. The lowest BCUT2D eigenvalue weighted by molar-refractivity contribution is -0.126. The highest BCUT2D eigenvalue weighted by Gasteiger charge is 2.35. The molecule has 0 aromatic heterocycles. The van der Waals surface area contributed by atoms with Gasteiger partial charge in [-0.1, -0.05) is 18.2 Å². The maximum atomic E-state index is 12.5. The Hall–Kier alpha value is -1.92. The average molecular weight is 345 g/mol. The number of hydrogen-bond donors (Lipinski definition) is 1. The Kier molecular flexibility index (Phi) is 6.04. The van der Waals surface area contributed by atoms with E-state index in [0.29, 0.717) is 25.4 Å². The molecular weight excluding hydrogens is 318 g/mol. The fraction of sp³-hybridized carbons (Fsp3) is 0.579. The number of likely N-dealkylation sites (tertiary alicyclic amines) is 1. The lowest BCUT2D eigenvalue weighted by Gasteiger charge is -2.18. The van der Waals surface area contributed by atoms with Crippen LogP contribution in [0.2, 0.25) is 0 Å². The van der Waals surface area contributed by atoms with Crippen molar-refractivity contribution in [2.24, 2.45) is 11.8 Å². The van der Waals surface area contributed by atoms with Gasteiger partial charge in [-0.05, 0) is 31.0 Å². The predicted molar refractivity (Wildman–Crippen MR) is 96.3 cm³/mol. The molecule has 0 spiro atoms. The minimum atomic E-state index is -0.251. The van der Waals surface area contributed by atoms with Gasteiger partial charge in [-0.15, -0.1) is 0 Å². The molecule has 25 heavy (non-hydrogen) atoms. The summed E-state index contributed by atoms with van der Waals surface area (Å²) in [6, 6.07) is 9.55. The van der Waals surface area contributed by atoms with Crippen LogP contribution in [0.3, 0.4) is 0 Å². The van der Waals surface area contributed by atoms with Crippen LogP contribution in [0, 0.1) is 11.8 Å². The van der Waals surface area contributed by atoms with Crippen LogP contribution in [0.15, 0.2) is 30.3 Å². The Morgan fingerprint density at radius 3 is 2.84 bits per heavy atom. The number of carbonyl (C=O) groups is 2. The first-order chi connectivity index (χ1) is 12.2. The zero-order valence-electron chi connectivity index (χ0n) is 14.8. The smallest absolute Gasteiger partial charge is 0.227 e. The van der Waals surface area contributed by atoms with Crippen LogP contribution in [0.4, 0.5) is 5.69 Å². The molecule has 1 N–H and O–H groups in total. The average Bonchev–Trinajstić information content (AvgIpc) is 3.25. The van der Waals surface area contributed by atoms with Crippen molar-refractivity contribution in [2.45, 2.75) is 12.8 Å². The van der Waals surface area contributed by atoms with Crippen LogP contribution in [0.25, 0.3) is 0 Å². The normalized spacial score (nSPS) is 24.0. The summed E-state index contributed by atoms with van der Waals surface area (Å²) in [7, 11) is 1.72. The number of nitrogens with one attached hydrogen (secondary N) is 1. The Labute approximate surface area is 149 Å². The summed E-state index contributed by atoms with van der Waals surface area (Å²) < 4.78 is 5.11.